The number of ether oxygens (including phenoxy) is 1. The van der Waals surface area contributed by atoms with Gasteiger partial charge in [0.2, 0.25) is 5.88 Å². The summed E-state index contributed by atoms with van der Waals surface area (Å²) in [7, 11) is 3.32. The summed E-state index contributed by atoms with van der Waals surface area (Å²) in [4.78, 5) is 19.4. The number of aromatic nitrogens is 5. The molecule has 8 heteroatoms. The largest absolute Gasteiger partial charge is 0.481 e. The Morgan fingerprint density at radius 3 is 2.83 bits per heavy atom. The number of hydrogen-bond acceptors (Lipinski definition) is 5. The highest BCUT2D eigenvalue weighted by Crippen LogP contribution is 2.31. The maximum absolute atomic E-state index is 12.9. The lowest BCUT2D eigenvalue weighted by atomic mass is 10.0. The van der Waals surface area contributed by atoms with Crippen molar-refractivity contribution in [2.24, 2.45) is 7.05 Å². The van der Waals surface area contributed by atoms with Crippen LogP contribution in [0.4, 0.5) is 0 Å². The summed E-state index contributed by atoms with van der Waals surface area (Å²) < 4.78 is 6.77. The number of nitrogens with zero attached hydrogens (tertiary/aromatic N) is 5. The number of carbonyl (C=O) groups is 1. The second kappa shape index (κ2) is 6.62. The molecule has 1 saturated heterocycles. The standard InChI is InChI=1S/C16H24N6O2/c1-10(2)14-17-15(19-18-14)12-7-5-6-8-22(12)16(23)11-9-13(24-4)21(3)20-11/h9-10,12H,5-8H2,1-4H3,(H,17,18,19)/t12-/m1/s1. The minimum atomic E-state index is -0.0962. The van der Waals surface area contributed by atoms with Crippen LogP contribution in [0.2, 0.25) is 0 Å². The summed E-state index contributed by atoms with van der Waals surface area (Å²) in [5, 5.41) is 11.6. The van der Waals surface area contributed by atoms with Gasteiger partial charge in [0, 0.05) is 25.6 Å². The summed E-state index contributed by atoms with van der Waals surface area (Å²) in [6.07, 6.45) is 2.93. The Hall–Kier alpha value is -2.38. The summed E-state index contributed by atoms with van der Waals surface area (Å²) in [6.45, 7) is 4.80. The van der Waals surface area contributed by atoms with E-state index in [0.717, 1.165) is 30.9 Å². The highest BCUT2D eigenvalue weighted by Gasteiger charge is 2.32. The Balaban J connectivity index is 1.86. The Morgan fingerprint density at radius 2 is 2.21 bits per heavy atom. The monoisotopic (exact) mass is 332 g/mol. The first-order valence-electron chi connectivity index (χ1n) is 8.32. The number of H-pyrrole nitrogens is 1. The van der Waals surface area contributed by atoms with Gasteiger partial charge in [-0.25, -0.2) is 9.67 Å². The molecular weight excluding hydrogens is 308 g/mol. The molecule has 0 spiro atoms. The van der Waals surface area contributed by atoms with Gasteiger partial charge >= 0.3 is 0 Å². The maximum Gasteiger partial charge on any atom is 0.275 e. The lowest BCUT2D eigenvalue weighted by molar-refractivity contribution is 0.0593. The summed E-state index contributed by atoms with van der Waals surface area (Å²) in [5.41, 5.74) is 0.393. The van der Waals surface area contributed by atoms with Crippen LogP contribution in [0.1, 0.15) is 67.2 Å². The number of likely N-dealkylation sites (tertiary alicyclic amines) is 1. The van der Waals surface area contributed by atoms with E-state index in [1.807, 2.05) is 4.90 Å². The quantitative estimate of drug-likeness (QED) is 0.925. The van der Waals surface area contributed by atoms with E-state index in [1.165, 1.54) is 0 Å². The number of aryl methyl sites for hydroxylation is 1. The molecule has 1 atom stereocenters. The number of methoxy groups -OCH3 is 1. The van der Waals surface area contributed by atoms with Gasteiger partial charge in [-0.05, 0) is 19.3 Å². The average Bonchev–Trinajstić information content (AvgIpc) is 3.21. The molecule has 2 aromatic heterocycles. The fourth-order valence-electron chi connectivity index (χ4n) is 3.05. The van der Waals surface area contributed by atoms with E-state index in [9.17, 15) is 4.79 Å². The van der Waals surface area contributed by atoms with Gasteiger partial charge in [-0.1, -0.05) is 13.8 Å². The van der Waals surface area contributed by atoms with Gasteiger partial charge in [0.1, 0.15) is 5.82 Å². The Kier molecular flexibility index (Phi) is 4.55. The molecule has 3 rings (SSSR count). The maximum atomic E-state index is 12.9. The van der Waals surface area contributed by atoms with Gasteiger partial charge in [-0.3, -0.25) is 9.89 Å². The minimum absolute atomic E-state index is 0.0840. The van der Waals surface area contributed by atoms with Gasteiger partial charge in [-0.2, -0.15) is 10.2 Å². The van der Waals surface area contributed by atoms with Gasteiger partial charge in [0.25, 0.3) is 5.91 Å². The predicted molar refractivity (Wildman–Crippen MR) is 87.9 cm³/mol. The zero-order valence-electron chi connectivity index (χ0n) is 14.6. The third kappa shape index (κ3) is 3.00. The SMILES string of the molecule is COc1cc(C(=O)N2CCCC[C@@H]2c2nc(C(C)C)n[nH]2)nn1C. The molecule has 3 heterocycles. The first-order chi connectivity index (χ1) is 11.5. The molecular formula is C16H24N6O2. The van der Waals surface area contributed by atoms with Gasteiger partial charge < -0.3 is 9.64 Å². The highest BCUT2D eigenvalue weighted by molar-refractivity contribution is 5.93. The number of amides is 1. The van der Waals surface area contributed by atoms with Crippen molar-refractivity contribution in [1.29, 1.82) is 0 Å². The number of aromatic amines is 1. The van der Waals surface area contributed by atoms with E-state index >= 15 is 0 Å². The van der Waals surface area contributed by atoms with Crippen LogP contribution in [0.3, 0.4) is 0 Å². The van der Waals surface area contributed by atoms with Crippen molar-refractivity contribution in [1.82, 2.24) is 29.9 Å². The zero-order valence-corrected chi connectivity index (χ0v) is 14.6. The fraction of sp³-hybridized carbons (Fsp3) is 0.625. The van der Waals surface area contributed by atoms with Crippen LogP contribution in [0.15, 0.2) is 6.07 Å². The molecule has 130 valence electrons. The molecule has 24 heavy (non-hydrogen) atoms. The van der Waals surface area contributed by atoms with Crippen LogP contribution in [0.25, 0.3) is 0 Å². The van der Waals surface area contributed by atoms with Crippen LogP contribution in [0, 0.1) is 0 Å². The van der Waals surface area contributed by atoms with Crippen LogP contribution in [0.5, 0.6) is 5.88 Å². The van der Waals surface area contributed by atoms with Gasteiger partial charge in [-0.15, -0.1) is 0 Å². The second-order valence-corrected chi connectivity index (χ2v) is 6.44. The molecule has 0 radical (unpaired) electrons. The van der Waals surface area contributed by atoms with Crippen molar-refractivity contribution in [3.8, 4) is 5.88 Å². The van der Waals surface area contributed by atoms with E-state index in [0.29, 0.717) is 18.1 Å². The first-order valence-corrected chi connectivity index (χ1v) is 8.32. The molecule has 2 aromatic rings. The smallest absolute Gasteiger partial charge is 0.275 e. The molecule has 0 aromatic carbocycles. The lowest BCUT2D eigenvalue weighted by Gasteiger charge is -2.33. The Bertz CT molecular complexity index is 720. The summed E-state index contributed by atoms with van der Waals surface area (Å²) in [5.74, 6) is 2.26. The molecule has 1 aliphatic rings. The zero-order chi connectivity index (χ0) is 17.3. The molecule has 1 amide bonds. The summed E-state index contributed by atoms with van der Waals surface area (Å²) in [6, 6.07) is 1.59. The van der Waals surface area contributed by atoms with E-state index < -0.39 is 0 Å². The molecule has 1 N–H and O–H groups in total. The van der Waals surface area contributed by atoms with Crippen molar-refractivity contribution >= 4 is 5.91 Å². The number of piperidine rings is 1. The molecule has 0 bridgehead atoms. The first kappa shape index (κ1) is 16.5. The summed E-state index contributed by atoms with van der Waals surface area (Å²) >= 11 is 0. The second-order valence-electron chi connectivity index (χ2n) is 6.44. The third-order valence-electron chi connectivity index (χ3n) is 4.38. The topological polar surface area (TPSA) is 88.9 Å². The van der Waals surface area contributed by atoms with E-state index in [-0.39, 0.29) is 17.9 Å². The number of rotatable bonds is 4. The minimum Gasteiger partial charge on any atom is -0.481 e. The Labute approximate surface area is 141 Å². The number of hydrogen-bond donors (Lipinski definition) is 1. The molecule has 0 aliphatic carbocycles. The molecule has 0 saturated carbocycles. The average molecular weight is 332 g/mol. The van der Waals surface area contributed by atoms with Crippen molar-refractivity contribution in [3.05, 3.63) is 23.4 Å². The number of carbonyl (C=O) groups excluding carboxylic acids is 1. The van der Waals surface area contributed by atoms with Crippen molar-refractivity contribution < 1.29 is 9.53 Å². The molecule has 1 fully saturated rings. The molecule has 1 aliphatic heterocycles. The highest BCUT2D eigenvalue weighted by atomic mass is 16.5. The van der Waals surface area contributed by atoms with Crippen molar-refractivity contribution in [3.63, 3.8) is 0 Å². The van der Waals surface area contributed by atoms with Crippen LogP contribution < -0.4 is 4.74 Å². The molecule has 0 unspecified atom stereocenters. The number of nitrogens with one attached hydrogen (secondary N) is 1. The van der Waals surface area contributed by atoms with Gasteiger partial charge in [0.15, 0.2) is 11.5 Å². The van der Waals surface area contributed by atoms with Gasteiger partial charge in [0.05, 0.1) is 13.2 Å². The van der Waals surface area contributed by atoms with Crippen molar-refractivity contribution in [2.75, 3.05) is 13.7 Å². The van der Waals surface area contributed by atoms with Crippen LogP contribution in [-0.4, -0.2) is 49.4 Å². The predicted octanol–water partition coefficient (Wildman–Crippen LogP) is 2.04. The van der Waals surface area contributed by atoms with E-state index in [2.05, 4.69) is 34.1 Å². The Morgan fingerprint density at radius 1 is 1.42 bits per heavy atom. The van der Waals surface area contributed by atoms with E-state index in [1.54, 1.807) is 24.9 Å². The van der Waals surface area contributed by atoms with Crippen LogP contribution >= 0.6 is 0 Å². The lowest BCUT2D eigenvalue weighted by Crippen LogP contribution is -2.39. The normalized spacial score (nSPS) is 18.2. The fourth-order valence-corrected chi connectivity index (χ4v) is 3.05. The third-order valence-corrected chi connectivity index (χ3v) is 4.38. The van der Waals surface area contributed by atoms with Crippen LogP contribution in [-0.2, 0) is 7.05 Å². The van der Waals surface area contributed by atoms with Crippen molar-refractivity contribution in [2.45, 2.75) is 45.1 Å². The van der Waals surface area contributed by atoms with E-state index in [4.69, 9.17) is 4.74 Å². The molecule has 8 nitrogen and oxygen atoms in total.